The van der Waals surface area contributed by atoms with Crippen LogP contribution in [0.25, 0.3) is 0 Å². The van der Waals surface area contributed by atoms with Crippen molar-refractivity contribution >= 4 is 11.9 Å². The smallest absolute Gasteiger partial charge is 0.264 e. The first kappa shape index (κ1) is 11.8. The largest absolute Gasteiger partial charge is 0.478 e. The number of pyridine rings is 1. The molecule has 2 rings (SSSR count). The molecule has 0 saturated carbocycles. The molecule has 0 aliphatic rings. The topological polar surface area (TPSA) is 113 Å². The number of carbonyl (C=O) groups excluding carboxylic acids is 1. The minimum atomic E-state index is -0.438. The van der Waals surface area contributed by atoms with Crippen LogP contribution in [0.3, 0.4) is 0 Å². The lowest BCUT2D eigenvalue weighted by Gasteiger charge is -2.05. The molecule has 0 spiro atoms. The molecule has 18 heavy (non-hydrogen) atoms. The van der Waals surface area contributed by atoms with E-state index in [0.717, 1.165) is 5.69 Å². The lowest BCUT2D eigenvalue weighted by Crippen LogP contribution is -2.22. The van der Waals surface area contributed by atoms with Gasteiger partial charge in [-0.3, -0.25) is 14.9 Å². The first-order valence-electron chi connectivity index (χ1n) is 5.12. The number of H-pyrrole nitrogens is 2. The Bertz CT molecular complexity index is 590. The number of rotatable bonds is 4. The van der Waals surface area contributed by atoms with Crippen molar-refractivity contribution < 1.29 is 9.53 Å². The van der Waals surface area contributed by atoms with Gasteiger partial charge < -0.3 is 9.72 Å². The molecular weight excluding hydrogens is 238 g/mol. The van der Waals surface area contributed by atoms with Crippen LogP contribution < -0.4 is 15.5 Å². The van der Waals surface area contributed by atoms with E-state index in [1.165, 1.54) is 18.6 Å². The Balaban J connectivity index is 1.91. The summed E-state index contributed by atoms with van der Waals surface area (Å²) in [6.07, 6.45) is 2.68. The van der Waals surface area contributed by atoms with Gasteiger partial charge in [0, 0.05) is 18.0 Å². The second kappa shape index (κ2) is 5.13. The molecule has 8 nitrogen and oxygen atoms in total. The third kappa shape index (κ3) is 2.94. The lowest BCUT2D eigenvalue weighted by atomic mass is 10.3. The maximum Gasteiger partial charge on any atom is 0.264 e. The Kier molecular flexibility index (Phi) is 3.37. The van der Waals surface area contributed by atoms with E-state index in [1.54, 1.807) is 6.92 Å². The van der Waals surface area contributed by atoms with Crippen molar-refractivity contribution in [2.75, 3.05) is 11.9 Å². The number of aryl methyl sites for hydroxylation is 1. The van der Waals surface area contributed by atoms with Crippen LogP contribution in [0.1, 0.15) is 5.69 Å². The summed E-state index contributed by atoms with van der Waals surface area (Å²) in [5.74, 6) is -0.124. The minimum absolute atomic E-state index is 0.0910. The Hall–Kier alpha value is -2.64. The molecule has 8 heteroatoms. The first-order valence-corrected chi connectivity index (χ1v) is 5.12. The minimum Gasteiger partial charge on any atom is -0.478 e. The van der Waals surface area contributed by atoms with Gasteiger partial charge in [0.25, 0.3) is 5.91 Å². The molecule has 94 valence electrons. The van der Waals surface area contributed by atoms with E-state index < -0.39 is 5.91 Å². The highest BCUT2D eigenvalue weighted by Crippen LogP contribution is 2.01. The molecule has 0 bridgehead atoms. The second-order valence-corrected chi connectivity index (χ2v) is 3.52. The second-order valence-electron chi connectivity index (χ2n) is 3.52. The first-order chi connectivity index (χ1) is 8.65. The predicted octanol–water partition coefficient (Wildman–Crippen LogP) is -0.181. The van der Waals surface area contributed by atoms with Crippen LogP contribution >= 0.6 is 0 Å². The number of aromatic nitrogens is 4. The molecule has 0 atom stereocenters. The van der Waals surface area contributed by atoms with E-state index in [-0.39, 0.29) is 23.7 Å². The summed E-state index contributed by atoms with van der Waals surface area (Å²) in [6, 6.07) is 1.39. The van der Waals surface area contributed by atoms with Gasteiger partial charge in [0.05, 0.1) is 0 Å². The maximum absolute atomic E-state index is 11.5. The third-order valence-electron chi connectivity index (χ3n) is 2.05. The number of amides is 1. The average molecular weight is 249 g/mol. The zero-order valence-electron chi connectivity index (χ0n) is 9.56. The highest BCUT2D eigenvalue weighted by molar-refractivity contribution is 5.90. The fourth-order valence-electron chi connectivity index (χ4n) is 1.25. The maximum atomic E-state index is 11.5. The molecule has 0 unspecified atom stereocenters. The molecule has 2 aromatic rings. The number of ether oxygens (including phenoxy) is 1. The average Bonchev–Trinajstić information content (AvgIpc) is 2.80. The van der Waals surface area contributed by atoms with Crippen LogP contribution in [0, 0.1) is 6.92 Å². The van der Waals surface area contributed by atoms with Gasteiger partial charge in [0.1, 0.15) is 6.33 Å². The fourth-order valence-corrected chi connectivity index (χ4v) is 1.25. The van der Waals surface area contributed by atoms with Crippen LogP contribution in [-0.4, -0.2) is 32.7 Å². The number of hydrogen-bond acceptors (Lipinski definition) is 5. The number of carbonyl (C=O) groups is 1. The summed E-state index contributed by atoms with van der Waals surface area (Å²) < 4.78 is 5.08. The Labute approximate surface area is 101 Å². The van der Waals surface area contributed by atoms with Gasteiger partial charge >= 0.3 is 0 Å². The molecule has 2 aromatic heterocycles. The van der Waals surface area contributed by atoms with Crippen LogP contribution in [0.15, 0.2) is 23.4 Å². The molecule has 0 radical (unpaired) electrons. The van der Waals surface area contributed by atoms with Crippen molar-refractivity contribution in [2.24, 2.45) is 0 Å². The zero-order chi connectivity index (χ0) is 13.0. The Morgan fingerprint density at radius 2 is 2.39 bits per heavy atom. The zero-order valence-corrected chi connectivity index (χ0v) is 9.56. The number of anilines is 1. The quantitative estimate of drug-likeness (QED) is 0.695. The van der Waals surface area contributed by atoms with E-state index >= 15 is 0 Å². The van der Waals surface area contributed by atoms with E-state index in [2.05, 4.69) is 25.5 Å². The van der Waals surface area contributed by atoms with Crippen LogP contribution in [0.4, 0.5) is 5.95 Å². The number of nitrogens with one attached hydrogen (secondary N) is 3. The van der Waals surface area contributed by atoms with Crippen LogP contribution in [0.2, 0.25) is 0 Å². The lowest BCUT2D eigenvalue weighted by molar-refractivity contribution is -0.118. The molecule has 0 aliphatic heterocycles. The Morgan fingerprint density at radius 1 is 1.56 bits per heavy atom. The highest BCUT2D eigenvalue weighted by atomic mass is 16.5. The molecular formula is C10H11N5O3. The van der Waals surface area contributed by atoms with Gasteiger partial charge in [-0.1, -0.05) is 0 Å². The van der Waals surface area contributed by atoms with Crippen molar-refractivity contribution in [3.05, 3.63) is 34.5 Å². The summed E-state index contributed by atoms with van der Waals surface area (Å²) in [5, 5.41) is 8.46. The number of aromatic amines is 2. The van der Waals surface area contributed by atoms with Gasteiger partial charge in [0.2, 0.25) is 11.4 Å². The van der Waals surface area contributed by atoms with Crippen molar-refractivity contribution in [1.29, 1.82) is 0 Å². The van der Waals surface area contributed by atoms with E-state index in [4.69, 9.17) is 4.74 Å². The number of nitrogens with zero attached hydrogens (tertiary/aromatic N) is 2. The standard InChI is InChI=1S/C10H11N5O3/c1-6-2-7(16)8(3-11-6)18-4-9(17)14-10-12-5-13-15-10/h2-3,5H,4H2,1H3,(H,11,16)(H2,12,13,14,15,17). The van der Waals surface area contributed by atoms with Crippen LogP contribution in [-0.2, 0) is 4.79 Å². The van der Waals surface area contributed by atoms with Gasteiger partial charge in [0.15, 0.2) is 12.4 Å². The molecule has 2 heterocycles. The van der Waals surface area contributed by atoms with Crippen molar-refractivity contribution in [3.63, 3.8) is 0 Å². The van der Waals surface area contributed by atoms with Gasteiger partial charge in [-0.2, -0.15) is 10.1 Å². The van der Waals surface area contributed by atoms with Crippen molar-refractivity contribution in [1.82, 2.24) is 20.2 Å². The molecule has 0 saturated heterocycles. The molecule has 0 fully saturated rings. The van der Waals surface area contributed by atoms with Crippen molar-refractivity contribution in [3.8, 4) is 5.75 Å². The summed E-state index contributed by atoms with van der Waals surface area (Å²) in [6.45, 7) is 1.47. The number of hydrogen-bond donors (Lipinski definition) is 3. The summed E-state index contributed by atoms with van der Waals surface area (Å²) in [7, 11) is 0. The molecule has 0 aromatic carbocycles. The predicted molar refractivity (Wildman–Crippen MR) is 62.3 cm³/mol. The van der Waals surface area contributed by atoms with E-state index in [9.17, 15) is 9.59 Å². The summed E-state index contributed by atoms with van der Waals surface area (Å²) in [5.41, 5.74) is 0.442. The summed E-state index contributed by atoms with van der Waals surface area (Å²) in [4.78, 5) is 29.4. The van der Waals surface area contributed by atoms with Gasteiger partial charge in [-0.05, 0) is 6.92 Å². The van der Waals surface area contributed by atoms with Gasteiger partial charge in [-0.15, -0.1) is 0 Å². The third-order valence-corrected chi connectivity index (χ3v) is 2.05. The monoisotopic (exact) mass is 249 g/mol. The fraction of sp³-hybridized carbons (Fsp3) is 0.200. The van der Waals surface area contributed by atoms with Crippen molar-refractivity contribution in [2.45, 2.75) is 6.92 Å². The molecule has 0 aliphatic carbocycles. The SMILES string of the molecule is Cc1cc(=O)c(OCC(=O)Nc2ncn[nH]2)c[nH]1. The molecule has 3 N–H and O–H groups in total. The van der Waals surface area contributed by atoms with Gasteiger partial charge in [-0.25, -0.2) is 5.10 Å². The Morgan fingerprint density at radius 3 is 3.06 bits per heavy atom. The van der Waals surface area contributed by atoms with E-state index in [0.29, 0.717) is 0 Å². The van der Waals surface area contributed by atoms with Crippen LogP contribution in [0.5, 0.6) is 5.75 Å². The summed E-state index contributed by atoms with van der Waals surface area (Å²) >= 11 is 0. The normalized spacial score (nSPS) is 10.1. The van der Waals surface area contributed by atoms with E-state index in [1.807, 2.05) is 0 Å². The highest BCUT2D eigenvalue weighted by Gasteiger charge is 2.07. The molecule has 1 amide bonds.